The van der Waals surface area contributed by atoms with Crippen LogP contribution in [0.4, 0.5) is 0 Å². The number of hydrogen-bond acceptors (Lipinski definition) is 0. The Morgan fingerprint density at radius 2 is 0.444 bits per heavy atom. The molecule has 0 heterocycles. The molecule has 0 spiro atoms. The van der Waals surface area contributed by atoms with Crippen LogP contribution in [-0.4, -0.2) is 0 Å². The molecule has 0 aliphatic rings. The average Bonchev–Trinajstić information content (AvgIpc) is 2.89. The second-order valence-electron chi connectivity index (χ2n) is 11.3. The lowest BCUT2D eigenvalue weighted by molar-refractivity contribution is 0.533. The van der Waals surface area contributed by atoms with Gasteiger partial charge in [0.25, 0.3) is 0 Å². The third-order valence-corrected chi connectivity index (χ3v) is 7.52. The van der Waals surface area contributed by atoms with Crippen LogP contribution in [0.25, 0.3) is 0 Å². The Morgan fingerprint density at radius 3 is 0.611 bits per heavy atom. The van der Waals surface area contributed by atoms with Crippen LogP contribution in [-0.2, 0) is 0 Å². The van der Waals surface area contributed by atoms with Gasteiger partial charge in [0.05, 0.1) is 0 Å². The van der Waals surface area contributed by atoms with E-state index in [1.165, 1.54) is 193 Å². The molecule has 0 aliphatic carbocycles. The van der Waals surface area contributed by atoms with E-state index >= 15 is 0 Å². The van der Waals surface area contributed by atoms with Crippen molar-refractivity contribution in [1.82, 2.24) is 0 Å². The molecular formula is C36H72. The molecular weight excluding hydrogens is 432 g/mol. The Hall–Kier alpha value is -0.520. The summed E-state index contributed by atoms with van der Waals surface area (Å²) in [5, 5.41) is 0. The molecule has 0 fully saturated rings. The van der Waals surface area contributed by atoms with Crippen LogP contribution >= 0.6 is 0 Å². The Labute approximate surface area is 231 Å². The number of unbranched alkanes of at least 4 members (excludes halogenated alkanes) is 28. The number of hydrogen-bond donors (Lipinski definition) is 0. The lowest BCUT2D eigenvalue weighted by Crippen LogP contribution is -1.83. The van der Waals surface area contributed by atoms with E-state index in [0.717, 1.165) is 0 Å². The minimum absolute atomic E-state index is 1.21. The molecule has 0 aromatic rings. The highest BCUT2D eigenvalue weighted by molar-refractivity contribution is 4.66. The quantitative estimate of drug-likeness (QED) is 0.0673. The Morgan fingerprint density at radius 1 is 0.278 bits per heavy atom. The van der Waals surface area contributed by atoms with E-state index in [9.17, 15) is 0 Å². The summed E-state index contributed by atoms with van der Waals surface area (Å²) in [5.41, 5.74) is 0. The van der Waals surface area contributed by atoms with Gasteiger partial charge < -0.3 is 0 Å². The highest BCUT2D eigenvalue weighted by Crippen LogP contribution is 2.14. The largest absolute Gasteiger partial charge is 0.103 e. The monoisotopic (exact) mass is 505 g/mol. The van der Waals surface area contributed by atoms with E-state index in [1.54, 1.807) is 0 Å². The number of rotatable bonds is 30. The molecule has 0 unspecified atom stereocenters. The normalized spacial score (nSPS) is 10.7. The standard InChI is InChI=1S/C19H38.C17H34/c1-3-5-7-9-11-13-15-17-19-18-16-14-12-10-8-6-4-2;1-3-5-7-9-11-13-15-17-16-14-12-10-8-6-4-2/h3H,1,4-19H2,2H3;3H,1,4-17H2,2H3. The van der Waals surface area contributed by atoms with Gasteiger partial charge in [-0.25, -0.2) is 0 Å². The zero-order chi connectivity index (χ0) is 26.6. The van der Waals surface area contributed by atoms with Gasteiger partial charge in [-0.3, -0.25) is 0 Å². The molecule has 0 saturated heterocycles. The summed E-state index contributed by atoms with van der Waals surface area (Å²) in [7, 11) is 0. The lowest BCUT2D eigenvalue weighted by Gasteiger charge is -2.03. The maximum Gasteiger partial charge on any atom is -0.0353 e. The fraction of sp³-hybridized carbons (Fsp3) is 0.889. The topological polar surface area (TPSA) is 0 Å². The number of allylic oxidation sites excluding steroid dienone is 2. The lowest BCUT2D eigenvalue weighted by atomic mass is 10.0. The van der Waals surface area contributed by atoms with E-state index in [-0.39, 0.29) is 0 Å². The van der Waals surface area contributed by atoms with Crippen LogP contribution in [0.2, 0.25) is 0 Å². The first kappa shape index (κ1) is 37.6. The van der Waals surface area contributed by atoms with Crippen molar-refractivity contribution in [3.63, 3.8) is 0 Å². The van der Waals surface area contributed by atoms with E-state index in [1.807, 2.05) is 12.2 Å². The molecule has 0 saturated carbocycles. The van der Waals surface area contributed by atoms with Crippen LogP contribution in [0.1, 0.15) is 206 Å². The van der Waals surface area contributed by atoms with Crippen molar-refractivity contribution < 1.29 is 0 Å². The van der Waals surface area contributed by atoms with Crippen molar-refractivity contribution in [2.24, 2.45) is 0 Å². The van der Waals surface area contributed by atoms with E-state index in [4.69, 9.17) is 0 Å². The summed E-state index contributed by atoms with van der Waals surface area (Å²) in [6, 6.07) is 0. The second kappa shape index (κ2) is 39.0. The fourth-order valence-electron chi connectivity index (χ4n) is 4.97. The minimum Gasteiger partial charge on any atom is -0.103 e. The molecule has 0 atom stereocenters. The maximum absolute atomic E-state index is 3.76. The van der Waals surface area contributed by atoms with Gasteiger partial charge in [0.2, 0.25) is 0 Å². The van der Waals surface area contributed by atoms with Gasteiger partial charge in [0, 0.05) is 0 Å². The predicted molar refractivity (Wildman–Crippen MR) is 170 cm³/mol. The third-order valence-electron chi connectivity index (χ3n) is 7.52. The molecule has 0 heteroatoms. The van der Waals surface area contributed by atoms with E-state index in [2.05, 4.69) is 27.0 Å². The van der Waals surface area contributed by atoms with Gasteiger partial charge in [-0.15, -0.1) is 13.2 Å². The summed E-state index contributed by atoms with van der Waals surface area (Å²) in [6.45, 7) is 12.1. The molecule has 0 bridgehead atoms. The van der Waals surface area contributed by atoms with Crippen molar-refractivity contribution in [2.45, 2.75) is 206 Å². The molecule has 0 aromatic carbocycles. The van der Waals surface area contributed by atoms with Gasteiger partial charge in [-0.1, -0.05) is 193 Å². The Bertz CT molecular complexity index is 368. The first-order valence-electron chi connectivity index (χ1n) is 17.0. The van der Waals surface area contributed by atoms with Gasteiger partial charge in [0.15, 0.2) is 0 Å². The van der Waals surface area contributed by atoms with Crippen molar-refractivity contribution in [2.75, 3.05) is 0 Å². The first-order valence-corrected chi connectivity index (χ1v) is 17.0. The molecule has 0 radical (unpaired) electrons. The zero-order valence-electron chi connectivity index (χ0n) is 25.8. The molecule has 0 aliphatic heterocycles. The van der Waals surface area contributed by atoms with Crippen LogP contribution < -0.4 is 0 Å². The van der Waals surface area contributed by atoms with Gasteiger partial charge >= 0.3 is 0 Å². The van der Waals surface area contributed by atoms with Gasteiger partial charge in [-0.2, -0.15) is 0 Å². The molecule has 0 nitrogen and oxygen atoms in total. The maximum atomic E-state index is 3.76. The SMILES string of the molecule is C=CCCCCCCCCCCCCCCC.C=CCCCCCCCCCCCCCCCCC. The molecule has 36 heavy (non-hydrogen) atoms. The highest BCUT2D eigenvalue weighted by atomic mass is 14.0. The molecule has 0 N–H and O–H groups in total. The van der Waals surface area contributed by atoms with Crippen LogP contribution in [0.3, 0.4) is 0 Å². The van der Waals surface area contributed by atoms with E-state index < -0.39 is 0 Å². The average molecular weight is 505 g/mol. The minimum atomic E-state index is 1.21. The van der Waals surface area contributed by atoms with Crippen molar-refractivity contribution in [1.29, 1.82) is 0 Å². The molecule has 216 valence electrons. The molecule has 0 aromatic heterocycles. The van der Waals surface area contributed by atoms with Gasteiger partial charge in [-0.05, 0) is 25.7 Å². The third kappa shape index (κ3) is 40.6. The Balaban J connectivity index is 0. The second-order valence-corrected chi connectivity index (χ2v) is 11.3. The highest BCUT2D eigenvalue weighted by Gasteiger charge is 1.95. The summed E-state index contributed by atoms with van der Waals surface area (Å²) in [5.74, 6) is 0. The summed E-state index contributed by atoms with van der Waals surface area (Å²) >= 11 is 0. The Kier molecular flexibility index (Phi) is 40.8. The van der Waals surface area contributed by atoms with Crippen molar-refractivity contribution in [3.05, 3.63) is 25.3 Å². The smallest absolute Gasteiger partial charge is 0.0353 e. The zero-order valence-corrected chi connectivity index (χ0v) is 25.8. The van der Waals surface area contributed by atoms with Crippen LogP contribution in [0.15, 0.2) is 25.3 Å². The van der Waals surface area contributed by atoms with Crippen molar-refractivity contribution in [3.8, 4) is 0 Å². The molecule has 0 amide bonds. The van der Waals surface area contributed by atoms with Gasteiger partial charge in [0.1, 0.15) is 0 Å². The first-order chi connectivity index (χ1) is 17.8. The predicted octanol–water partition coefficient (Wildman–Crippen LogP) is 14.1. The fourth-order valence-corrected chi connectivity index (χ4v) is 4.97. The molecule has 0 rings (SSSR count). The summed E-state index contributed by atoms with van der Waals surface area (Å²) in [6.07, 6.45) is 46.9. The summed E-state index contributed by atoms with van der Waals surface area (Å²) in [4.78, 5) is 0. The summed E-state index contributed by atoms with van der Waals surface area (Å²) < 4.78 is 0. The van der Waals surface area contributed by atoms with E-state index in [0.29, 0.717) is 0 Å². The van der Waals surface area contributed by atoms with Crippen molar-refractivity contribution >= 4 is 0 Å². The van der Waals surface area contributed by atoms with Crippen LogP contribution in [0, 0.1) is 0 Å². The van der Waals surface area contributed by atoms with Crippen LogP contribution in [0.5, 0.6) is 0 Å².